The lowest BCUT2D eigenvalue weighted by atomic mass is 9.47. The van der Waals surface area contributed by atoms with E-state index in [2.05, 4.69) is 54.2 Å². The smallest absolute Gasteiger partial charge is 0.0577 e. The Morgan fingerprint density at radius 3 is 2.57 bits per heavy atom. The summed E-state index contributed by atoms with van der Waals surface area (Å²) >= 11 is 0. The van der Waals surface area contributed by atoms with Crippen molar-refractivity contribution in [1.82, 2.24) is 0 Å². The Kier molecular flexibility index (Phi) is 5.87. The standard InChI is InChI=1S/C29H48O/c1-19(8-9-20(2)27(3,4)5)24-12-13-25-23-11-10-21-18-22(30)14-16-28(21,6)26(23)15-17-29(24,25)7/h10,19,22-26,30H,2,8-9,11-18H2,1,3-7H3. The summed E-state index contributed by atoms with van der Waals surface area (Å²) in [4.78, 5) is 0. The van der Waals surface area contributed by atoms with Crippen molar-refractivity contribution >= 4 is 0 Å². The molecule has 4 rings (SSSR count). The zero-order valence-electron chi connectivity index (χ0n) is 20.8. The van der Waals surface area contributed by atoms with Crippen LogP contribution < -0.4 is 0 Å². The normalized spacial score (nSPS) is 44.5. The van der Waals surface area contributed by atoms with E-state index in [1.54, 1.807) is 5.57 Å². The number of hydrogen-bond acceptors (Lipinski definition) is 1. The lowest BCUT2D eigenvalue weighted by Crippen LogP contribution is -2.50. The fourth-order valence-electron chi connectivity index (χ4n) is 8.60. The first-order valence-corrected chi connectivity index (χ1v) is 13.0. The molecule has 0 spiro atoms. The lowest BCUT2D eigenvalue weighted by Gasteiger charge is -2.58. The van der Waals surface area contributed by atoms with Crippen LogP contribution in [0.4, 0.5) is 0 Å². The topological polar surface area (TPSA) is 20.2 Å². The van der Waals surface area contributed by atoms with Gasteiger partial charge in [0.2, 0.25) is 0 Å². The average molecular weight is 413 g/mol. The molecule has 4 aliphatic rings. The number of rotatable bonds is 4. The van der Waals surface area contributed by atoms with Gasteiger partial charge in [-0.2, -0.15) is 0 Å². The molecule has 0 aliphatic heterocycles. The van der Waals surface area contributed by atoms with Gasteiger partial charge in [0.1, 0.15) is 0 Å². The molecule has 4 aliphatic carbocycles. The fraction of sp³-hybridized carbons (Fsp3) is 0.862. The van der Waals surface area contributed by atoms with Crippen molar-refractivity contribution in [3.8, 4) is 0 Å². The third-order valence-corrected chi connectivity index (χ3v) is 10.8. The van der Waals surface area contributed by atoms with Crippen LogP contribution in [-0.4, -0.2) is 11.2 Å². The molecule has 1 nitrogen and oxygen atoms in total. The molecule has 0 radical (unpaired) electrons. The molecule has 8 unspecified atom stereocenters. The summed E-state index contributed by atoms with van der Waals surface area (Å²) in [7, 11) is 0. The summed E-state index contributed by atoms with van der Waals surface area (Å²) in [6.07, 6.45) is 15.2. The van der Waals surface area contributed by atoms with Crippen LogP contribution in [0.2, 0.25) is 0 Å². The molecule has 0 aromatic carbocycles. The van der Waals surface area contributed by atoms with Gasteiger partial charge in [-0.05, 0) is 110 Å². The van der Waals surface area contributed by atoms with Crippen molar-refractivity contribution in [2.45, 2.75) is 112 Å². The molecule has 1 heteroatoms. The highest BCUT2D eigenvalue weighted by molar-refractivity contribution is 5.25. The van der Waals surface area contributed by atoms with Gasteiger partial charge in [-0.3, -0.25) is 0 Å². The SMILES string of the molecule is C=C(CCC(C)C1CCC2C3CC=C4CC(O)CCC4(C)C3CCC12C)C(C)(C)C. The second-order valence-corrected chi connectivity index (χ2v) is 13.3. The van der Waals surface area contributed by atoms with E-state index >= 15 is 0 Å². The molecular formula is C29H48O. The van der Waals surface area contributed by atoms with Gasteiger partial charge in [-0.15, -0.1) is 0 Å². The maximum Gasteiger partial charge on any atom is 0.0577 e. The Bertz CT molecular complexity index is 696. The Balaban J connectivity index is 1.48. The molecule has 1 N–H and O–H groups in total. The third-order valence-electron chi connectivity index (χ3n) is 10.8. The maximum atomic E-state index is 10.2. The number of hydrogen-bond donors (Lipinski definition) is 1. The van der Waals surface area contributed by atoms with Crippen LogP contribution in [0.5, 0.6) is 0 Å². The molecule has 8 atom stereocenters. The van der Waals surface area contributed by atoms with Gasteiger partial charge >= 0.3 is 0 Å². The summed E-state index contributed by atoms with van der Waals surface area (Å²) in [6.45, 7) is 19.1. The van der Waals surface area contributed by atoms with Gasteiger partial charge in [-0.25, -0.2) is 0 Å². The lowest BCUT2D eigenvalue weighted by molar-refractivity contribution is -0.0571. The first-order valence-electron chi connectivity index (χ1n) is 13.0. The van der Waals surface area contributed by atoms with Crippen LogP contribution in [0.1, 0.15) is 106 Å². The second-order valence-electron chi connectivity index (χ2n) is 13.3. The first kappa shape index (κ1) is 22.6. The van der Waals surface area contributed by atoms with E-state index in [0.717, 1.165) is 42.4 Å². The van der Waals surface area contributed by atoms with E-state index in [4.69, 9.17) is 0 Å². The summed E-state index contributed by atoms with van der Waals surface area (Å²) in [5.74, 6) is 4.36. The Morgan fingerprint density at radius 2 is 1.87 bits per heavy atom. The molecule has 3 fully saturated rings. The van der Waals surface area contributed by atoms with Crippen LogP contribution in [0.25, 0.3) is 0 Å². The van der Waals surface area contributed by atoms with Crippen LogP contribution in [0.3, 0.4) is 0 Å². The van der Waals surface area contributed by atoms with E-state index in [1.807, 2.05) is 0 Å². The van der Waals surface area contributed by atoms with E-state index in [0.29, 0.717) is 10.8 Å². The Labute approximate surface area is 186 Å². The highest BCUT2D eigenvalue weighted by Gasteiger charge is 2.59. The predicted octanol–water partition coefficient (Wildman–Crippen LogP) is 7.94. The number of fused-ring (bicyclic) bond motifs is 5. The molecular weight excluding hydrogens is 364 g/mol. The van der Waals surface area contributed by atoms with E-state index in [9.17, 15) is 5.11 Å². The van der Waals surface area contributed by atoms with Gasteiger partial charge in [0, 0.05) is 0 Å². The Morgan fingerprint density at radius 1 is 1.13 bits per heavy atom. The monoisotopic (exact) mass is 412 g/mol. The van der Waals surface area contributed by atoms with Crippen LogP contribution in [0.15, 0.2) is 23.8 Å². The maximum absolute atomic E-state index is 10.2. The zero-order valence-corrected chi connectivity index (χ0v) is 20.8. The largest absolute Gasteiger partial charge is 0.393 e. The van der Waals surface area contributed by atoms with Crippen LogP contribution in [-0.2, 0) is 0 Å². The molecule has 0 aromatic heterocycles. The van der Waals surface area contributed by atoms with Gasteiger partial charge in [-0.1, -0.05) is 65.3 Å². The minimum absolute atomic E-state index is 0.0886. The molecule has 0 amide bonds. The third kappa shape index (κ3) is 3.66. The molecule has 0 heterocycles. The summed E-state index contributed by atoms with van der Waals surface area (Å²) in [6, 6.07) is 0. The van der Waals surface area contributed by atoms with Crippen molar-refractivity contribution < 1.29 is 5.11 Å². The van der Waals surface area contributed by atoms with Gasteiger partial charge in [0.15, 0.2) is 0 Å². The molecule has 0 saturated heterocycles. The minimum Gasteiger partial charge on any atom is -0.393 e. The van der Waals surface area contributed by atoms with Crippen LogP contribution >= 0.6 is 0 Å². The van der Waals surface area contributed by atoms with Gasteiger partial charge in [0.25, 0.3) is 0 Å². The van der Waals surface area contributed by atoms with Crippen molar-refractivity contribution in [1.29, 1.82) is 0 Å². The van der Waals surface area contributed by atoms with Crippen molar-refractivity contribution in [2.24, 2.45) is 45.8 Å². The fourth-order valence-corrected chi connectivity index (χ4v) is 8.60. The average Bonchev–Trinajstić information content (AvgIpc) is 3.03. The minimum atomic E-state index is -0.0886. The zero-order chi connectivity index (χ0) is 21.9. The summed E-state index contributed by atoms with van der Waals surface area (Å²) in [5.41, 5.74) is 4.19. The quantitative estimate of drug-likeness (QED) is 0.464. The number of allylic oxidation sites excluding steroid dienone is 2. The number of aliphatic hydroxyl groups excluding tert-OH is 1. The summed E-state index contributed by atoms with van der Waals surface area (Å²) in [5, 5.41) is 10.2. The van der Waals surface area contributed by atoms with E-state index < -0.39 is 0 Å². The Hall–Kier alpha value is -0.560. The number of aliphatic hydroxyl groups is 1. The van der Waals surface area contributed by atoms with Crippen molar-refractivity contribution in [3.63, 3.8) is 0 Å². The van der Waals surface area contributed by atoms with Gasteiger partial charge < -0.3 is 5.11 Å². The predicted molar refractivity (Wildman–Crippen MR) is 128 cm³/mol. The van der Waals surface area contributed by atoms with E-state index in [-0.39, 0.29) is 11.5 Å². The van der Waals surface area contributed by atoms with Crippen molar-refractivity contribution in [2.75, 3.05) is 0 Å². The first-order chi connectivity index (χ1) is 14.0. The van der Waals surface area contributed by atoms with Crippen LogP contribution in [0, 0.1) is 45.8 Å². The molecule has 30 heavy (non-hydrogen) atoms. The molecule has 170 valence electrons. The van der Waals surface area contributed by atoms with E-state index in [1.165, 1.54) is 56.9 Å². The summed E-state index contributed by atoms with van der Waals surface area (Å²) < 4.78 is 0. The second kappa shape index (κ2) is 7.79. The molecule has 0 aromatic rings. The highest BCUT2D eigenvalue weighted by Crippen LogP contribution is 2.67. The van der Waals surface area contributed by atoms with Crippen molar-refractivity contribution in [3.05, 3.63) is 23.8 Å². The van der Waals surface area contributed by atoms with Gasteiger partial charge in [0.05, 0.1) is 6.10 Å². The highest BCUT2D eigenvalue weighted by atomic mass is 16.3. The molecule has 0 bridgehead atoms. The molecule has 3 saturated carbocycles.